The minimum absolute atomic E-state index is 0.239. The molecule has 0 radical (unpaired) electrons. The van der Waals surface area contributed by atoms with E-state index >= 15 is 0 Å². The van der Waals surface area contributed by atoms with Gasteiger partial charge in [-0.3, -0.25) is 9.88 Å². The fraction of sp³-hybridized carbons (Fsp3) is 0.321. The lowest BCUT2D eigenvalue weighted by atomic mass is 9.89. The molecule has 0 saturated carbocycles. The first-order valence-corrected chi connectivity index (χ1v) is 12.0. The number of aliphatic imine (C=N–C) groups is 1. The van der Waals surface area contributed by atoms with Crippen LogP contribution in [0.3, 0.4) is 0 Å². The molecule has 6 heteroatoms. The summed E-state index contributed by atoms with van der Waals surface area (Å²) in [4.78, 5) is 12.5. The minimum Gasteiger partial charge on any atom is -0.369 e. The highest BCUT2D eigenvalue weighted by molar-refractivity contribution is 5.82. The second-order valence-electron chi connectivity index (χ2n) is 9.17. The number of likely N-dealkylation sites (tertiary alicyclic amines) is 1. The van der Waals surface area contributed by atoms with Crippen LogP contribution in [0.25, 0.3) is 0 Å². The number of pyridine rings is 1. The third kappa shape index (κ3) is 4.66. The number of nitrogens with two attached hydrogens (primary N) is 1. The van der Waals surface area contributed by atoms with Crippen molar-refractivity contribution in [2.24, 2.45) is 16.6 Å². The van der Waals surface area contributed by atoms with Gasteiger partial charge in [0.05, 0.1) is 11.7 Å². The van der Waals surface area contributed by atoms with Gasteiger partial charge in [0.25, 0.3) is 0 Å². The summed E-state index contributed by atoms with van der Waals surface area (Å²) in [6.45, 7) is 2.60. The van der Waals surface area contributed by atoms with Crippen LogP contribution in [0, 0.1) is 17.4 Å². The summed E-state index contributed by atoms with van der Waals surface area (Å²) in [5, 5.41) is 9.70. The summed E-state index contributed by atoms with van der Waals surface area (Å²) in [5.74, 6) is 0.640. The highest BCUT2D eigenvalue weighted by Gasteiger charge is 2.32. The second-order valence-corrected chi connectivity index (χ2v) is 9.17. The van der Waals surface area contributed by atoms with Gasteiger partial charge in [0, 0.05) is 18.9 Å². The number of aromatic nitrogens is 1. The first kappa shape index (κ1) is 22.1. The largest absolute Gasteiger partial charge is 0.369 e. The van der Waals surface area contributed by atoms with E-state index in [9.17, 15) is 5.26 Å². The van der Waals surface area contributed by atoms with Crippen molar-refractivity contribution in [3.05, 3.63) is 95.3 Å². The van der Waals surface area contributed by atoms with Gasteiger partial charge < -0.3 is 5.73 Å². The molecule has 1 saturated heterocycles. The van der Waals surface area contributed by atoms with Crippen LogP contribution in [0.15, 0.2) is 78.0 Å². The van der Waals surface area contributed by atoms with E-state index in [0.717, 1.165) is 38.8 Å². The molecule has 5 rings (SSSR count). The molecular formula is C28H30N6. The van der Waals surface area contributed by atoms with E-state index in [4.69, 9.17) is 5.73 Å². The number of benzene rings is 2. The summed E-state index contributed by atoms with van der Waals surface area (Å²) < 4.78 is 0. The van der Waals surface area contributed by atoms with E-state index in [-0.39, 0.29) is 5.96 Å². The van der Waals surface area contributed by atoms with Gasteiger partial charge in [-0.15, -0.1) is 0 Å². The van der Waals surface area contributed by atoms with Gasteiger partial charge in [0.15, 0.2) is 6.19 Å². The standard InChI is InChI=1S/C28H30N6/c29-20-34(28(30)32-24-11-15-31-16-12-24)19-21-13-17-33(18-14-21)27-25-7-3-1-5-22(25)9-10-23-6-2-4-8-26(23)27/h1-8,11-12,15-16,21,27H,9-10,13-14,17-19H2,(H2,30,31,32). The number of piperidine rings is 1. The normalized spacial score (nSPS) is 17.3. The summed E-state index contributed by atoms with van der Waals surface area (Å²) in [7, 11) is 0. The smallest absolute Gasteiger partial charge is 0.209 e. The molecule has 3 aromatic rings. The lowest BCUT2D eigenvalue weighted by molar-refractivity contribution is 0.144. The van der Waals surface area contributed by atoms with Gasteiger partial charge in [0.2, 0.25) is 5.96 Å². The Morgan fingerprint density at radius 2 is 1.56 bits per heavy atom. The lowest BCUT2D eigenvalue weighted by Crippen LogP contribution is -2.42. The molecule has 2 heterocycles. The van der Waals surface area contributed by atoms with E-state index < -0.39 is 0 Å². The van der Waals surface area contributed by atoms with Gasteiger partial charge in [-0.05, 0) is 79.1 Å². The SMILES string of the molecule is N#CN(CC1CCN(C2c3ccccc3CCc3ccccc32)CC1)/C(N)=N/c1ccncc1. The Morgan fingerprint density at radius 1 is 0.971 bits per heavy atom. The lowest BCUT2D eigenvalue weighted by Gasteiger charge is -2.39. The number of nitrogens with zero attached hydrogens (tertiary/aromatic N) is 5. The van der Waals surface area contributed by atoms with E-state index in [0.29, 0.717) is 24.2 Å². The van der Waals surface area contributed by atoms with Crippen molar-refractivity contribution in [2.75, 3.05) is 19.6 Å². The molecule has 2 aromatic carbocycles. The van der Waals surface area contributed by atoms with Crippen LogP contribution in [0.4, 0.5) is 5.69 Å². The Labute approximate surface area is 201 Å². The number of fused-ring (bicyclic) bond motifs is 2. The first-order chi connectivity index (χ1) is 16.7. The average molecular weight is 451 g/mol. The van der Waals surface area contributed by atoms with Gasteiger partial charge in [-0.1, -0.05) is 48.5 Å². The molecule has 2 aliphatic rings. The molecule has 0 atom stereocenters. The molecule has 6 nitrogen and oxygen atoms in total. The van der Waals surface area contributed by atoms with Gasteiger partial charge in [-0.2, -0.15) is 5.26 Å². The molecule has 2 N–H and O–H groups in total. The Balaban J connectivity index is 1.30. The topological polar surface area (TPSA) is 81.5 Å². The van der Waals surface area contributed by atoms with Crippen LogP contribution in [-0.4, -0.2) is 40.4 Å². The van der Waals surface area contributed by atoms with Crippen molar-refractivity contribution >= 4 is 11.6 Å². The number of nitriles is 1. The molecule has 1 aromatic heterocycles. The number of hydrogen-bond acceptors (Lipinski definition) is 4. The quantitative estimate of drug-likeness (QED) is 0.276. The number of guanidine groups is 1. The third-order valence-corrected chi connectivity index (χ3v) is 7.12. The number of aryl methyl sites for hydroxylation is 2. The third-order valence-electron chi connectivity index (χ3n) is 7.12. The number of rotatable bonds is 4. The molecule has 0 bridgehead atoms. The van der Waals surface area contributed by atoms with Crippen molar-refractivity contribution in [2.45, 2.75) is 31.7 Å². The van der Waals surface area contributed by atoms with Crippen molar-refractivity contribution in [3.63, 3.8) is 0 Å². The Kier molecular flexibility index (Phi) is 6.55. The molecule has 34 heavy (non-hydrogen) atoms. The highest BCUT2D eigenvalue weighted by Crippen LogP contribution is 2.38. The van der Waals surface area contributed by atoms with Gasteiger partial charge in [-0.25, -0.2) is 9.89 Å². The maximum absolute atomic E-state index is 9.70. The average Bonchev–Trinajstić information content (AvgIpc) is 3.05. The molecule has 1 aliphatic heterocycles. The van der Waals surface area contributed by atoms with Crippen molar-refractivity contribution in [3.8, 4) is 6.19 Å². The fourth-order valence-corrected chi connectivity index (χ4v) is 5.34. The molecule has 0 spiro atoms. The predicted octanol–water partition coefficient (Wildman–Crippen LogP) is 4.41. The molecular weight excluding hydrogens is 420 g/mol. The zero-order valence-electron chi connectivity index (χ0n) is 19.3. The zero-order chi connectivity index (χ0) is 23.3. The van der Waals surface area contributed by atoms with E-state index in [1.54, 1.807) is 24.5 Å². The van der Waals surface area contributed by atoms with E-state index in [1.165, 1.54) is 27.2 Å². The first-order valence-electron chi connectivity index (χ1n) is 12.0. The maximum atomic E-state index is 9.70. The number of hydrogen-bond donors (Lipinski definition) is 1. The predicted molar refractivity (Wildman–Crippen MR) is 134 cm³/mol. The Bertz CT molecular complexity index is 1140. The second kappa shape index (κ2) is 10.1. The summed E-state index contributed by atoms with van der Waals surface area (Å²) in [5.41, 5.74) is 12.7. The van der Waals surface area contributed by atoms with Crippen LogP contribution in [0.5, 0.6) is 0 Å². The monoisotopic (exact) mass is 450 g/mol. The van der Waals surface area contributed by atoms with Gasteiger partial charge >= 0.3 is 0 Å². The molecule has 172 valence electrons. The zero-order valence-corrected chi connectivity index (χ0v) is 19.3. The molecule has 0 unspecified atom stereocenters. The van der Waals surface area contributed by atoms with Crippen LogP contribution in [-0.2, 0) is 12.8 Å². The van der Waals surface area contributed by atoms with Crippen molar-refractivity contribution in [1.29, 1.82) is 5.26 Å². The Morgan fingerprint density at radius 3 is 2.15 bits per heavy atom. The summed E-state index contributed by atoms with van der Waals surface area (Å²) in [6, 6.07) is 21.7. The summed E-state index contributed by atoms with van der Waals surface area (Å²) >= 11 is 0. The van der Waals surface area contributed by atoms with Crippen LogP contribution >= 0.6 is 0 Å². The molecule has 1 fully saturated rings. The van der Waals surface area contributed by atoms with Gasteiger partial charge in [0.1, 0.15) is 0 Å². The highest BCUT2D eigenvalue weighted by atomic mass is 15.3. The molecule has 1 aliphatic carbocycles. The maximum Gasteiger partial charge on any atom is 0.209 e. The van der Waals surface area contributed by atoms with E-state index in [1.807, 2.05) is 0 Å². The van der Waals surface area contributed by atoms with Crippen molar-refractivity contribution in [1.82, 2.24) is 14.8 Å². The van der Waals surface area contributed by atoms with Crippen LogP contribution < -0.4 is 5.73 Å². The summed E-state index contributed by atoms with van der Waals surface area (Å²) in [6.07, 6.45) is 9.80. The Hall–Kier alpha value is -3.69. The minimum atomic E-state index is 0.239. The van der Waals surface area contributed by atoms with E-state index in [2.05, 4.69) is 69.6 Å². The fourth-order valence-electron chi connectivity index (χ4n) is 5.34. The van der Waals surface area contributed by atoms with Crippen molar-refractivity contribution < 1.29 is 0 Å². The van der Waals surface area contributed by atoms with Crippen LogP contribution in [0.2, 0.25) is 0 Å². The van der Waals surface area contributed by atoms with Crippen LogP contribution in [0.1, 0.15) is 41.1 Å². The molecule has 0 amide bonds.